The van der Waals surface area contributed by atoms with Gasteiger partial charge in [0, 0.05) is 19.0 Å². The predicted molar refractivity (Wildman–Crippen MR) is 136 cm³/mol. The van der Waals surface area contributed by atoms with E-state index in [0.717, 1.165) is 0 Å². The van der Waals surface area contributed by atoms with Crippen molar-refractivity contribution >= 4 is 28.5 Å². The lowest BCUT2D eigenvalue weighted by atomic mass is 10.1. The van der Waals surface area contributed by atoms with Gasteiger partial charge in [-0.25, -0.2) is 18.4 Å². The summed E-state index contributed by atoms with van der Waals surface area (Å²) in [6.07, 6.45) is 5.06. The zero-order valence-corrected chi connectivity index (χ0v) is 21.3. The molecule has 0 saturated heterocycles. The van der Waals surface area contributed by atoms with Gasteiger partial charge in [0.1, 0.15) is 0 Å². The summed E-state index contributed by atoms with van der Waals surface area (Å²) in [7, 11) is -6.26. The van der Waals surface area contributed by atoms with Gasteiger partial charge in [0.2, 0.25) is 15.0 Å². The number of hydrogen-bond donors (Lipinski definition) is 0. The van der Waals surface area contributed by atoms with Crippen LogP contribution in [0.25, 0.3) is 0 Å². The summed E-state index contributed by atoms with van der Waals surface area (Å²) in [6.45, 7) is 11.0. The van der Waals surface area contributed by atoms with Crippen LogP contribution in [0.4, 0.5) is 0 Å². The van der Waals surface area contributed by atoms with Gasteiger partial charge in [0.15, 0.2) is 0 Å². The van der Waals surface area contributed by atoms with Gasteiger partial charge >= 0.3 is 0 Å². The van der Waals surface area contributed by atoms with Crippen molar-refractivity contribution in [1.82, 2.24) is 9.97 Å². The minimum atomic E-state index is -3.57. The lowest BCUT2D eigenvalue weighted by Crippen LogP contribution is -2.66. The van der Waals surface area contributed by atoms with Gasteiger partial charge in [-0.05, 0) is 33.8 Å². The van der Waals surface area contributed by atoms with E-state index in [2.05, 4.69) is 61.6 Å². The molecule has 7 heteroatoms. The largest absolute Gasteiger partial charge is 0.407 e. The van der Waals surface area contributed by atoms with Crippen LogP contribution in [0.2, 0.25) is 5.04 Å². The first-order chi connectivity index (χ1) is 15.7. The molecule has 0 radical (unpaired) electrons. The second-order valence-corrected chi connectivity index (χ2v) is 15.4. The highest BCUT2D eigenvalue weighted by atomic mass is 32.2. The SMILES string of the molecule is C=C[C@H](CCS(=O)(=O)c1ncccn1)CO[Si](c1ccccc1)(c1ccccc1)C(C)(C)C. The maximum Gasteiger partial charge on any atom is 0.261 e. The maximum atomic E-state index is 12.7. The molecule has 1 aromatic heterocycles. The van der Waals surface area contributed by atoms with Crippen molar-refractivity contribution in [3.05, 3.63) is 91.8 Å². The van der Waals surface area contributed by atoms with Gasteiger partial charge in [-0.1, -0.05) is 87.5 Å². The lowest BCUT2D eigenvalue weighted by Gasteiger charge is -2.43. The number of benzene rings is 2. The Balaban J connectivity index is 1.88. The Morgan fingerprint density at radius 2 is 1.45 bits per heavy atom. The predicted octanol–water partition coefficient (Wildman–Crippen LogP) is 4.02. The van der Waals surface area contributed by atoms with E-state index in [4.69, 9.17) is 4.43 Å². The number of hydrogen-bond acceptors (Lipinski definition) is 5. The van der Waals surface area contributed by atoms with Crippen LogP contribution in [0.5, 0.6) is 0 Å². The zero-order valence-electron chi connectivity index (χ0n) is 19.5. The minimum Gasteiger partial charge on any atom is -0.407 e. The smallest absolute Gasteiger partial charge is 0.261 e. The zero-order chi connectivity index (χ0) is 24.0. The molecule has 1 heterocycles. The molecule has 0 unspecified atom stereocenters. The highest BCUT2D eigenvalue weighted by Crippen LogP contribution is 2.37. The van der Waals surface area contributed by atoms with E-state index in [-0.39, 0.29) is 21.9 Å². The minimum absolute atomic E-state index is 0.0577. The molecular formula is C26H32N2O3SSi. The monoisotopic (exact) mass is 480 g/mol. The maximum absolute atomic E-state index is 12.7. The van der Waals surface area contributed by atoms with Gasteiger partial charge in [-0.3, -0.25) is 0 Å². The number of rotatable bonds is 10. The van der Waals surface area contributed by atoms with Crippen LogP contribution in [-0.4, -0.2) is 39.1 Å². The molecule has 0 aliphatic heterocycles. The van der Waals surface area contributed by atoms with Crippen LogP contribution in [0.1, 0.15) is 27.2 Å². The van der Waals surface area contributed by atoms with E-state index in [1.165, 1.54) is 22.8 Å². The summed E-state index contributed by atoms with van der Waals surface area (Å²) in [6, 6.07) is 22.4. The molecular weight excluding hydrogens is 448 g/mol. The molecule has 0 amide bonds. The molecule has 0 fully saturated rings. The fraction of sp³-hybridized carbons (Fsp3) is 0.308. The molecule has 3 rings (SSSR count). The van der Waals surface area contributed by atoms with Crippen molar-refractivity contribution in [3.63, 3.8) is 0 Å². The highest BCUT2D eigenvalue weighted by molar-refractivity contribution is 7.91. The van der Waals surface area contributed by atoms with E-state index in [0.29, 0.717) is 13.0 Å². The van der Waals surface area contributed by atoms with E-state index in [1.807, 2.05) is 36.4 Å². The van der Waals surface area contributed by atoms with E-state index < -0.39 is 18.2 Å². The van der Waals surface area contributed by atoms with Crippen LogP contribution in [0.15, 0.2) is 96.9 Å². The second kappa shape index (κ2) is 10.5. The second-order valence-electron chi connectivity index (χ2n) is 9.11. The van der Waals surface area contributed by atoms with Gasteiger partial charge < -0.3 is 4.43 Å². The Labute approximate surface area is 198 Å². The van der Waals surface area contributed by atoms with Crippen molar-refractivity contribution in [1.29, 1.82) is 0 Å². The number of aromatic nitrogens is 2. The quantitative estimate of drug-likeness (QED) is 0.249. The molecule has 3 aromatic rings. The van der Waals surface area contributed by atoms with E-state index in [9.17, 15) is 8.42 Å². The molecule has 0 aliphatic carbocycles. The van der Waals surface area contributed by atoms with Crippen LogP contribution in [0.3, 0.4) is 0 Å². The highest BCUT2D eigenvalue weighted by Gasteiger charge is 2.50. The van der Waals surface area contributed by atoms with E-state index in [1.54, 1.807) is 12.1 Å². The van der Waals surface area contributed by atoms with Gasteiger partial charge in [-0.15, -0.1) is 6.58 Å². The summed E-state index contributed by atoms with van der Waals surface area (Å²) < 4.78 is 32.3. The van der Waals surface area contributed by atoms with Gasteiger partial charge in [-0.2, -0.15) is 0 Å². The van der Waals surface area contributed by atoms with Crippen molar-refractivity contribution in [2.45, 2.75) is 37.4 Å². The topological polar surface area (TPSA) is 69.2 Å². The Bertz CT molecular complexity index is 1090. The number of sulfone groups is 1. The average molecular weight is 481 g/mol. The van der Waals surface area contributed by atoms with Crippen molar-refractivity contribution in [2.75, 3.05) is 12.4 Å². The normalized spacial score (nSPS) is 13.4. The Kier molecular flexibility index (Phi) is 7.99. The average Bonchev–Trinajstić information content (AvgIpc) is 2.82. The van der Waals surface area contributed by atoms with Gasteiger partial charge in [0.25, 0.3) is 8.32 Å². The van der Waals surface area contributed by atoms with Crippen molar-refractivity contribution in [3.8, 4) is 0 Å². The third kappa shape index (κ3) is 5.66. The van der Waals surface area contributed by atoms with Crippen LogP contribution in [0, 0.1) is 5.92 Å². The molecule has 0 bridgehead atoms. The molecule has 5 nitrogen and oxygen atoms in total. The summed E-state index contributed by atoms with van der Waals surface area (Å²) in [5, 5.41) is 2.10. The third-order valence-electron chi connectivity index (χ3n) is 5.84. The molecule has 0 aliphatic rings. The molecule has 0 spiro atoms. The third-order valence-corrected chi connectivity index (χ3v) is 12.4. The standard InChI is InChI=1S/C26H32N2O3SSi/c1-5-22(17-20-32(29,30)25-27-18-12-19-28-25)21-31-33(26(2,3)4,23-13-8-6-9-14-23)24-15-10-7-11-16-24/h5-16,18-19,22H,1,17,20-21H2,2-4H3/t22-/m1/s1. The molecule has 0 saturated carbocycles. The van der Waals surface area contributed by atoms with Crippen LogP contribution >= 0.6 is 0 Å². The molecule has 1 atom stereocenters. The molecule has 0 N–H and O–H groups in total. The Morgan fingerprint density at radius 3 is 1.91 bits per heavy atom. The first-order valence-electron chi connectivity index (χ1n) is 11.1. The molecule has 33 heavy (non-hydrogen) atoms. The Morgan fingerprint density at radius 1 is 0.939 bits per heavy atom. The summed E-state index contributed by atoms with van der Waals surface area (Å²) in [5.41, 5.74) is 0. The summed E-state index contributed by atoms with van der Waals surface area (Å²) >= 11 is 0. The van der Waals surface area contributed by atoms with Crippen molar-refractivity contribution < 1.29 is 12.8 Å². The fourth-order valence-corrected chi connectivity index (χ4v) is 9.96. The van der Waals surface area contributed by atoms with E-state index >= 15 is 0 Å². The fourth-order valence-electron chi connectivity index (χ4n) is 4.11. The lowest BCUT2D eigenvalue weighted by molar-refractivity contribution is 0.257. The molecule has 2 aromatic carbocycles. The van der Waals surface area contributed by atoms with Gasteiger partial charge in [0.05, 0.1) is 5.75 Å². The summed E-state index contributed by atoms with van der Waals surface area (Å²) in [4.78, 5) is 7.80. The van der Waals surface area contributed by atoms with Crippen LogP contribution in [-0.2, 0) is 14.3 Å². The first kappa shape index (κ1) is 25.0. The van der Waals surface area contributed by atoms with Crippen molar-refractivity contribution in [2.24, 2.45) is 5.92 Å². The van der Waals surface area contributed by atoms with Crippen LogP contribution < -0.4 is 10.4 Å². The Hall–Kier alpha value is -2.61. The number of nitrogens with zero attached hydrogens (tertiary/aromatic N) is 2. The first-order valence-corrected chi connectivity index (χ1v) is 14.6. The molecule has 174 valence electrons. The summed E-state index contributed by atoms with van der Waals surface area (Å²) in [5.74, 6) is -0.178.